The summed E-state index contributed by atoms with van der Waals surface area (Å²) in [7, 11) is 0. The quantitative estimate of drug-likeness (QED) is 0.750. The Morgan fingerprint density at radius 2 is 2.04 bits per heavy atom. The molecule has 3 rings (SSSR count). The molecule has 0 saturated heterocycles. The Bertz CT molecular complexity index is 826. The number of nitrogen functional groups attached to an aromatic ring is 1. The van der Waals surface area contributed by atoms with Crippen molar-refractivity contribution in [3.8, 4) is 11.6 Å². The van der Waals surface area contributed by atoms with Gasteiger partial charge in [0.15, 0.2) is 5.82 Å². The molecule has 23 heavy (non-hydrogen) atoms. The van der Waals surface area contributed by atoms with E-state index in [2.05, 4.69) is 36.1 Å². The highest BCUT2D eigenvalue weighted by Gasteiger charge is 2.18. The van der Waals surface area contributed by atoms with Gasteiger partial charge in [0.05, 0.1) is 24.3 Å². The van der Waals surface area contributed by atoms with Gasteiger partial charge >= 0.3 is 0 Å². The minimum Gasteiger partial charge on any atom is -0.467 e. The van der Waals surface area contributed by atoms with Crippen molar-refractivity contribution in [3.05, 3.63) is 52.8 Å². The highest BCUT2D eigenvalue weighted by Crippen LogP contribution is 2.28. The van der Waals surface area contributed by atoms with E-state index >= 15 is 0 Å². The maximum atomic E-state index is 13.7. The standard InChI is InChI=1S/C14H12BrFN6O/c1-8(23-14-13(17)18-7-12(15)21-14)10-6-9(16)2-3-11(10)22-19-4-5-20-22/h2-8H,1H3,(H2,17,18). The summed E-state index contributed by atoms with van der Waals surface area (Å²) in [5.74, 6) is -0.0783. The van der Waals surface area contributed by atoms with Crippen molar-refractivity contribution < 1.29 is 9.13 Å². The largest absolute Gasteiger partial charge is 0.467 e. The molecule has 2 aromatic heterocycles. The van der Waals surface area contributed by atoms with Crippen molar-refractivity contribution in [2.45, 2.75) is 13.0 Å². The molecule has 0 aliphatic carbocycles. The first kappa shape index (κ1) is 15.3. The molecule has 2 N–H and O–H groups in total. The molecule has 1 aromatic carbocycles. The second kappa shape index (κ2) is 6.29. The van der Waals surface area contributed by atoms with Crippen LogP contribution in [-0.2, 0) is 0 Å². The van der Waals surface area contributed by atoms with Gasteiger partial charge in [0, 0.05) is 5.56 Å². The van der Waals surface area contributed by atoms with Gasteiger partial charge in [-0.15, -0.1) is 0 Å². The zero-order valence-electron chi connectivity index (χ0n) is 12.0. The molecule has 0 aliphatic rings. The lowest BCUT2D eigenvalue weighted by Gasteiger charge is -2.18. The second-order valence-corrected chi connectivity index (χ2v) is 5.48. The molecule has 2 heterocycles. The van der Waals surface area contributed by atoms with E-state index in [9.17, 15) is 4.39 Å². The van der Waals surface area contributed by atoms with Crippen molar-refractivity contribution in [2.24, 2.45) is 0 Å². The van der Waals surface area contributed by atoms with Crippen LogP contribution in [0.3, 0.4) is 0 Å². The molecule has 1 unspecified atom stereocenters. The van der Waals surface area contributed by atoms with Crippen LogP contribution in [0, 0.1) is 5.82 Å². The highest BCUT2D eigenvalue weighted by molar-refractivity contribution is 9.10. The van der Waals surface area contributed by atoms with Crippen LogP contribution < -0.4 is 10.5 Å². The van der Waals surface area contributed by atoms with Gasteiger partial charge in [-0.3, -0.25) is 0 Å². The summed E-state index contributed by atoms with van der Waals surface area (Å²) in [5, 5.41) is 8.13. The van der Waals surface area contributed by atoms with Gasteiger partial charge in [0.1, 0.15) is 16.5 Å². The molecule has 0 amide bonds. The van der Waals surface area contributed by atoms with Gasteiger partial charge in [0.2, 0.25) is 0 Å². The zero-order chi connectivity index (χ0) is 16.4. The SMILES string of the molecule is CC(Oc1nc(Br)cnc1N)c1cc(F)ccc1-n1nccn1. The minimum atomic E-state index is -0.544. The van der Waals surface area contributed by atoms with E-state index in [1.807, 2.05) is 0 Å². The van der Waals surface area contributed by atoms with Gasteiger partial charge < -0.3 is 10.5 Å². The van der Waals surface area contributed by atoms with Gasteiger partial charge in [-0.2, -0.15) is 15.0 Å². The smallest absolute Gasteiger partial charge is 0.258 e. The molecule has 0 radical (unpaired) electrons. The third-order valence-corrected chi connectivity index (χ3v) is 3.47. The maximum absolute atomic E-state index is 13.7. The summed E-state index contributed by atoms with van der Waals surface area (Å²) in [6.45, 7) is 1.75. The average Bonchev–Trinajstić information content (AvgIpc) is 3.05. The van der Waals surface area contributed by atoms with E-state index in [4.69, 9.17) is 10.5 Å². The van der Waals surface area contributed by atoms with Gasteiger partial charge in [-0.25, -0.2) is 14.4 Å². The number of benzene rings is 1. The van der Waals surface area contributed by atoms with Crippen molar-refractivity contribution in [1.82, 2.24) is 25.0 Å². The van der Waals surface area contributed by atoms with Crippen LogP contribution in [0.2, 0.25) is 0 Å². The van der Waals surface area contributed by atoms with Crippen LogP contribution >= 0.6 is 15.9 Å². The summed E-state index contributed by atoms with van der Waals surface area (Å²) in [4.78, 5) is 9.48. The summed E-state index contributed by atoms with van der Waals surface area (Å²) in [5.41, 5.74) is 6.91. The topological polar surface area (TPSA) is 91.7 Å². The molecule has 0 saturated carbocycles. The molecule has 118 valence electrons. The molecule has 0 bridgehead atoms. The zero-order valence-corrected chi connectivity index (χ0v) is 13.6. The van der Waals surface area contributed by atoms with Crippen LogP contribution in [0.5, 0.6) is 5.88 Å². The number of aromatic nitrogens is 5. The molecule has 0 aliphatic heterocycles. The summed E-state index contributed by atoms with van der Waals surface area (Å²) in [6, 6.07) is 4.29. The Kier molecular flexibility index (Phi) is 4.20. The monoisotopic (exact) mass is 378 g/mol. The first-order valence-corrected chi connectivity index (χ1v) is 7.44. The van der Waals surface area contributed by atoms with E-state index in [1.165, 1.54) is 35.5 Å². The summed E-state index contributed by atoms with van der Waals surface area (Å²) < 4.78 is 19.9. The van der Waals surface area contributed by atoms with Crippen molar-refractivity contribution in [2.75, 3.05) is 5.73 Å². The molecule has 9 heteroatoms. The Hall–Kier alpha value is -2.55. The lowest BCUT2D eigenvalue weighted by Crippen LogP contribution is -2.12. The van der Waals surface area contributed by atoms with E-state index in [-0.39, 0.29) is 17.5 Å². The van der Waals surface area contributed by atoms with E-state index in [1.54, 1.807) is 13.0 Å². The fraction of sp³-hybridized carbons (Fsp3) is 0.143. The number of nitrogens with zero attached hydrogens (tertiary/aromatic N) is 5. The Morgan fingerprint density at radius 3 is 2.78 bits per heavy atom. The predicted molar refractivity (Wildman–Crippen MR) is 84.5 cm³/mol. The Balaban J connectivity index is 1.97. The molecule has 3 aromatic rings. The van der Waals surface area contributed by atoms with Crippen LogP contribution in [0.25, 0.3) is 5.69 Å². The predicted octanol–water partition coefficient (Wildman–Crippen LogP) is 2.68. The molecular formula is C14H12BrFN6O. The molecule has 0 fully saturated rings. The normalized spacial score (nSPS) is 12.1. The third-order valence-electron chi connectivity index (χ3n) is 3.09. The molecule has 1 atom stereocenters. The highest BCUT2D eigenvalue weighted by atomic mass is 79.9. The lowest BCUT2D eigenvalue weighted by molar-refractivity contribution is 0.216. The Labute approximate surface area is 139 Å². The minimum absolute atomic E-state index is 0.148. The number of nitrogens with two attached hydrogens (primary N) is 1. The fourth-order valence-electron chi connectivity index (χ4n) is 2.05. The van der Waals surface area contributed by atoms with Crippen LogP contribution in [0.15, 0.2) is 41.4 Å². The van der Waals surface area contributed by atoms with Crippen LogP contribution in [0.4, 0.5) is 10.2 Å². The van der Waals surface area contributed by atoms with E-state index in [0.29, 0.717) is 15.9 Å². The van der Waals surface area contributed by atoms with Crippen molar-refractivity contribution in [3.63, 3.8) is 0 Å². The number of halogens is 2. The fourth-order valence-corrected chi connectivity index (χ4v) is 2.32. The molecular weight excluding hydrogens is 367 g/mol. The molecule has 7 nitrogen and oxygen atoms in total. The van der Waals surface area contributed by atoms with E-state index in [0.717, 1.165) is 0 Å². The summed E-state index contributed by atoms with van der Waals surface area (Å²) >= 11 is 3.21. The number of hydrogen-bond donors (Lipinski definition) is 1. The Morgan fingerprint density at radius 1 is 1.30 bits per heavy atom. The van der Waals surface area contributed by atoms with Gasteiger partial charge in [-0.05, 0) is 41.1 Å². The number of anilines is 1. The maximum Gasteiger partial charge on any atom is 0.258 e. The van der Waals surface area contributed by atoms with Crippen molar-refractivity contribution >= 4 is 21.7 Å². The average molecular weight is 379 g/mol. The summed E-state index contributed by atoms with van der Waals surface area (Å²) in [6.07, 6.45) is 4.00. The number of rotatable bonds is 4. The van der Waals surface area contributed by atoms with Gasteiger partial charge in [0.25, 0.3) is 5.88 Å². The second-order valence-electron chi connectivity index (χ2n) is 4.66. The van der Waals surface area contributed by atoms with E-state index < -0.39 is 6.10 Å². The third kappa shape index (κ3) is 3.29. The number of hydrogen-bond acceptors (Lipinski definition) is 6. The van der Waals surface area contributed by atoms with Crippen LogP contribution in [0.1, 0.15) is 18.6 Å². The first-order chi connectivity index (χ1) is 11.0. The molecule has 0 spiro atoms. The van der Waals surface area contributed by atoms with Gasteiger partial charge in [-0.1, -0.05) is 0 Å². The lowest BCUT2D eigenvalue weighted by atomic mass is 10.1. The van der Waals surface area contributed by atoms with Crippen molar-refractivity contribution in [1.29, 1.82) is 0 Å². The number of ether oxygens (including phenoxy) is 1. The first-order valence-electron chi connectivity index (χ1n) is 6.65. The van der Waals surface area contributed by atoms with Crippen LogP contribution in [-0.4, -0.2) is 25.0 Å².